The van der Waals surface area contributed by atoms with Gasteiger partial charge in [0.15, 0.2) is 0 Å². The van der Waals surface area contributed by atoms with E-state index >= 15 is 0 Å². The molecule has 7 heteroatoms. The van der Waals surface area contributed by atoms with Crippen LogP contribution in [0.15, 0.2) is 41.3 Å². The van der Waals surface area contributed by atoms with Crippen LogP contribution in [0, 0.1) is 13.8 Å². The molecule has 3 aromatic heterocycles. The molecule has 0 saturated heterocycles. The first-order chi connectivity index (χ1) is 11.6. The fourth-order valence-electron chi connectivity index (χ4n) is 2.91. The summed E-state index contributed by atoms with van der Waals surface area (Å²) in [5.41, 5.74) is 1.83. The summed E-state index contributed by atoms with van der Waals surface area (Å²) in [5, 5.41) is 4.84. The third-order valence-corrected chi connectivity index (χ3v) is 3.97. The van der Waals surface area contributed by atoms with Crippen molar-refractivity contribution in [3.63, 3.8) is 0 Å². The van der Waals surface area contributed by atoms with Gasteiger partial charge in [-0.2, -0.15) is 9.50 Å². The number of methoxy groups -OCH3 is 1. The molecule has 0 saturated carbocycles. The summed E-state index contributed by atoms with van der Waals surface area (Å²) in [6.07, 6.45) is 1.72. The van der Waals surface area contributed by atoms with Gasteiger partial charge >= 0.3 is 0 Å². The van der Waals surface area contributed by atoms with Gasteiger partial charge in [-0.25, -0.2) is 4.98 Å². The van der Waals surface area contributed by atoms with Crippen LogP contribution in [0.2, 0.25) is 0 Å². The monoisotopic (exact) mass is 321 g/mol. The highest BCUT2D eigenvalue weighted by molar-refractivity contribution is 5.82. The first kappa shape index (κ1) is 14.4. The third kappa shape index (κ3) is 1.98. The Kier molecular flexibility index (Phi) is 3.09. The van der Waals surface area contributed by atoms with Crippen molar-refractivity contribution >= 4 is 16.7 Å². The number of ether oxygens (including phenoxy) is 1. The molecule has 0 spiro atoms. The minimum absolute atomic E-state index is 0.169. The summed E-state index contributed by atoms with van der Waals surface area (Å²) in [6, 6.07) is 9.24. The van der Waals surface area contributed by atoms with E-state index in [0.717, 1.165) is 0 Å². The summed E-state index contributed by atoms with van der Waals surface area (Å²) in [4.78, 5) is 21.8. The van der Waals surface area contributed by atoms with Crippen molar-refractivity contribution in [1.29, 1.82) is 0 Å². The average Bonchev–Trinajstić information content (AvgIpc) is 2.95. The van der Waals surface area contributed by atoms with Crippen LogP contribution < -0.4 is 10.3 Å². The predicted octanol–water partition coefficient (Wildman–Crippen LogP) is 2.05. The smallest absolute Gasteiger partial charge is 0.266 e. The normalized spacial score (nSPS) is 11.3. The predicted molar refractivity (Wildman–Crippen MR) is 89.9 cm³/mol. The number of benzene rings is 1. The van der Waals surface area contributed by atoms with E-state index < -0.39 is 0 Å². The van der Waals surface area contributed by atoms with Gasteiger partial charge in [0.05, 0.1) is 29.4 Å². The summed E-state index contributed by atoms with van der Waals surface area (Å²) in [7, 11) is 1.58. The number of hydrogen-bond acceptors (Lipinski definition) is 5. The van der Waals surface area contributed by atoms with Crippen LogP contribution in [-0.4, -0.2) is 31.3 Å². The van der Waals surface area contributed by atoms with Gasteiger partial charge in [-0.3, -0.25) is 9.36 Å². The summed E-state index contributed by atoms with van der Waals surface area (Å²) in [6.45, 7) is 3.60. The number of pyridine rings is 1. The fourth-order valence-corrected chi connectivity index (χ4v) is 2.91. The van der Waals surface area contributed by atoms with Gasteiger partial charge in [0.2, 0.25) is 0 Å². The molecule has 4 aromatic rings. The zero-order valence-electron chi connectivity index (χ0n) is 13.5. The molecule has 7 nitrogen and oxygen atoms in total. The van der Waals surface area contributed by atoms with E-state index in [1.807, 2.05) is 30.3 Å². The molecule has 1 aromatic carbocycles. The second kappa shape index (κ2) is 5.16. The van der Waals surface area contributed by atoms with Crippen LogP contribution in [0.5, 0.6) is 5.75 Å². The summed E-state index contributed by atoms with van der Waals surface area (Å²) >= 11 is 0. The summed E-state index contributed by atoms with van der Waals surface area (Å²) < 4.78 is 8.53. The van der Waals surface area contributed by atoms with Crippen molar-refractivity contribution in [2.75, 3.05) is 7.11 Å². The molecule has 0 N–H and O–H groups in total. The Morgan fingerprint density at radius 3 is 2.67 bits per heavy atom. The first-order valence-corrected chi connectivity index (χ1v) is 7.49. The first-order valence-electron chi connectivity index (χ1n) is 7.49. The van der Waals surface area contributed by atoms with Gasteiger partial charge in [-0.1, -0.05) is 12.1 Å². The lowest BCUT2D eigenvalue weighted by Gasteiger charge is -2.12. The van der Waals surface area contributed by atoms with E-state index in [4.69, 9.17) is 4.74 Å². The molecule has 24 heavy (non-hydrogen) atoms. The molecule has 0 aliphatic carbocycles. The molecule has 120 valence electrons. The molecule has 0 unspecified atom stereocenters. The van der Waals surface area contributed by atoms with Crippen molar-refractivity contribution in [2.24, 2.45) is 0 Å². The Balaban J connectivity index is 2.11. The Labute approximate surface area is 137 Å². The van der Waals surface area contributed by atoms with E-state index in [1.165, 1.54) is 0 Å². The molecule has 0 amide bonds. The maximum absolute atomic E-state index is 13.1. The van der Waals surface area contributed by atoms with E-state index in [2.05, 4.69) is 15.1 Å². The van der Waals surface area contributed by atoms with Crippen LogP contribution >= 0.6 is 0 Å². The maximum Gasteiger partial charge on any atom is 0.266 e. The van der Waals surface area contributed by atoms with E-state index in [9.17, 15) is 4.79 Å². The third-order valence-electron chi connectivity index (χ3n) is 3.97. The van der Waals surface area contributed by atoms with Crippen LogP contribution in [0.3, 0.4) is 0 Å². The Morgan fingerprint density at radius 1 is 1.08 bits per heavy atom. The van der Waals surface area contributed by atoms with Crippen molar-refractivity contribution in [1.82, 2.24) is 24.1 Å². The molecule has 3 heterocycles. The van der Waals surface area contributed by atoms with Crippen LogP contribution in [-0.2, 0) is 0 Å². The van der Waals surface area contributed by atoms with Crippen molar-refractivity contribution in [2.45, 2.75) is 13.8 Å². The quantitative estimate of drug-likeness (QED) is 0.565. The van der Waals surface area contributed by atoms with E-state index in [0.29, 0.717) is 39.6 Å². The molecule has 0 aliphatic heterocycles. The van der Waals surface area contributed by atoms with Crippen molar-refractivity contribution in [3.05, 3.63) is 58.4 Å². The number of rotatable bonds is 2. The molecule has 0 fully saturated rings. The second-order valence-electron chi connectivity index (χ2n) is 5.49. The van der Waals surface area contributed by atoms with Gasteiger partial charge in [0.25, 0.3) is 11.3 Å². The molecule has 0 aliphatic rings. The topological polar surface area (TPSA) is 74.3 Å². The van der Waals surface area contributed by atoms with Gasteiger partial charge in [0, 0.05) is 6.20 Å². The van der Waals surface area contributed by atoms with Crippen LogP contribution in [0.1, 0.15) is 11.5 Å². The lowest BCUT2D eigenvalue weighted by atomic mass is 10.2. The molecular weight excluding hydrogens is 306 g/mol. The SMILES string of the molecule is COc1ccccc1-n1ccc2c(c(C)nc3nc(C)nn32)c1=O. The highest BCUT2D eigenvalue weighted by Crippen LogP contribution is 2.22. The fraction of sp³-hybridized carbons (Fsp3) is 0.176. The molecule has 0 radical (unpaired) electrons. The molecule has 0 bridgehead atoms. The van der Waals surface area contributed by atoms with Crippen molar-refractivity contribution < 1.29 is 4.74 Å². The molecular formula is C17H15N5O2. The van der Waals surface area contributed by atoms with Gasteiger partial charge < -0.3 is 4.74 Å². The number of aromatic nitrogens is 5. The highest BCUT2D eigenvalue weighted by atomic mass is 16.5. The zero-order chi connectivity index (χ0) is 16.8. The van der Waals surface area contributed by atoms with Crippen molar-refractivity contribution in [3.8, 4) is 11.4 Å². The number of fused-ring (bicyclic) bond motifs is 3. The lowest BCUT2D eigenvalue weighted by Crippen LogP contribution is -2.20. The largest absolute Gasteiger partial charge is 0.495 e. The van der Waals surface area contributed by atoms with Crippen LogP contribution in [0.25, 0.3) is 22.4 Å². The Morgan fingerprint density at radius 2 is 1.88 bits per heavy atom. The van der Waals surface area contributed by atoms with Gasteiger partial charge in [-0.15, -0.1) is 5.10 Å². The van der Waals surface area contributed by atoms with E-state index in [-0.39, 0.29) is 5.56 Å². The van der Waals surface area contributed by atoms with Gasteiger partial charge in [0.1, 0.15) is 11.6 Å². The average molecular weight is 321 g/mol. The highest BCUT2D eigenvalue weighted by Gasteiger charge is 2.15. The number of aryl methyl sites for hydroxylation is 2. The number of nitrogens with zero attached hydrogens (tertiary/aromatic N) is 5. The Hall–Kier alpha value is -3.22. The summed E-state index contributed by atoms with van der Waals surface area (Å²) in [5.74, 6) is 1.73. The van der Waals surface area contributed by atoms with Crippen LogP contribution in [0.4, 0.5) is 0 Å². The standard InChI is InChI=1S/C17H15N5O2/c1-10-15-13(22-17(18-10)19-11(2)20-22)8-9-21(16(15)23)12-6-4-5-7-14(12)24-3/h4-9H,1-3H3. The Bertz CT molecular complexity index is 1140. The number of para-hydroxylation sites is 2. The van der Waals surface area contributed by atoms with E-state index in [1.54, 1.807) is 36.2 Å². The minimum atomic E-state index is -0.169. The number of hydrogen-bond donors (Lipinski definition) is 0. The van der Waals surface area contributed by atoms with Gasteiger partial charge in [-0.05, 0) is 32.0 Å². The molecule has 4 rings (SSSR count). The zero-order valence-corrected chi connectivity index (χ0v) is 13.5. The molecule has 0 atom stereocenters. The minimum Gasteiger partial charge on any atom is -0.495 e. The second-order valence-corrected chi connectivity index (χ2v) is 5.49. The maximum atomic E-state index is 13.1. The lowest BCUT2D eigenvalue weighted by molar-refractivity contribution is 0.412.